The molecule has 5 nitrogen and oxygen atoms in total. The number of nitrogens with zero attached hydrogens (tertiary/aromatic N) is 1. The van der Waals surface area contributed by atoms with Crippen LogP contribution in [0.4, 0.5) is 0 Å². The fraction of sp³-hybridized carbons (Fsp3) is 0.429. The van der Waals surface area contributed by atoms with Gasteiger partial charge in [0.15, 0.2) is 0 Å². The van der Waals surface area contributed by atoms with Crippen molar-refractivity contribution in [3.05, 3.63) is 11.8 Å². The molecule has 13 heavy (non-hydrogen) atoms. The van der Waals surface area contributed by atoms with E-state index >= 15 is 0 Å². The van der Waals surface area contributed by atoms with Gasteiger partial charge in [0.25, 0.3) is 0 Å². The molecule has 0 heterocycles. The van der Waals surface area contributed by atoms with Crippen LogP contribution in [0.2, 0.25) is 0 Å². The second kappa shape index (κ2) is 5.47. The SMILES string of the molecule is CC(=N)/C=C(C)\N=C(/C)N[SH](=O)=O. The third kappa shape index (κ3) is 7.20. The molecule has 0 spiro atoms. The van der Waals surface area contributed by atoms with E-state index in [2.05, 4.69) is 9.71 Å². The fourth-order valence-electron chi connectivity index (χ4n) is 0.767. The third-order valence-electron chi connectivity index (χ3n) is 1.02. The summed E-state index contributed by atoms with van der Waals surface area (Å²) in [5, 5.41) is 7.13. The van der Waals surface area contributed by atoms with Gasteiger partial charge in [-0.05, 0) is 26.8 Å². The van der Waals surface area contributed by atoms with Crippen LogP contribution in [0.3, 0.4) is 0 Å². The van der Waals surface area contributed by atoms with Crippen molar-refractivity contribution in [2.24, 2.45) is 4.99 Å². The van der Waals surface area contributed by atoms with Crippen LogP contribution in [0.25, 0.3) is 0 Å². The molecule has 0 bridgehead atoms. The standard InChI is InChI=1S/C7H13N3O2S/c1-5(8)4-6(2)9-7(3)10-13(11)12/h4,8,13H,1-3H3,(H,9,10,11,12)/b6-4-,8-5?. The van der Waals surface area contributed by atoms with Gasteiger partial charge in [0, 0.05) is 11.4 Å². The maximum Gasteiger partial charge on any atom is 0.223 e. The number of rotatable bonds is 3. The summed E-state index contributed by atoms with van der Waals surface area (Å²) < 4.78 is 22.5. The molecule has 0 aromatic carbocycles. The summed E-state index contributed by atoms with van der Waals surface area (Å²) in [7, 11) is -2.65. The summed E-state index contributed by atoms with van der Waals surface area (Å²) in [6, 6.07) is 0. The average Bonchev–Trinajstić information content (AvgIpc) is 1.80. The summed E-state index contributed by atoms with van der Waals surface area (Å²) in [5.41, 5.74) is 0.968. The van der Waals surface area contributed by atoms with Crippen molar-refractivity contribution in [2.75, 3.05) is 0 Å². The van der Waals surface area contributed by atoms with E-state index in [1.807, 2.05) is 0 Å². The molecule has 0 aliphatic carbocycles. The molecular weight excluding hydrogens is 190 g/mol. The lowest BCUT2D eigenvalue weighted by Crippen LogP contribution is -2.17. The Morgan fingerprint density at radius 3 is 2.31 bits per heavy atom. The maximum absolute atomic E-state index is 10.2. The van der Waals surface area contributed by atoms with Crippen molar-refractivity contribution in [1.82, 2.24) is 4.72 Å². The van der Waals surface area contributed by atoms with Crippen LogP contribution in [-0.4, -0.2) is 20.0 Å². The molecule has 0 radical (unpaired) electrons. The van der Waals surface area contributed by atoms with Gasteiger partial charge in [0.2, 0.25) is 10.9 Å². The molecule has 0 aromatic rings. The average molecular weight is 203 g/mol. The van der Waals surface area contributed by atoms with Crippen molar-refractivity contribution in [1.29, 1.82) is 5.41 Å². The summed E-state index contributed by atoms with van der Waals surface area (Å²) in [4.78, 5) is 3.90. The third-order valence-corrected chi connectivity index (χ3v) is 1.53. The lowest BCUT2D eigenvalue weighted by Gasteiger charge is -1.97. The second-order valence-corrected chi connectivity index (χ2v) is 3.27. The fourth-order valence-corrected chi connectivity index (χ4v) is 1.08. The highest BCUT2D eigenvalue weighted by molar-refractivity contribution is 7.71. The second-order valence-electron chi connectivity index (χ2n) is 2.53. The first-order chi connectivity index (χ1) is 5.91. The van der Waals surface area contributed by atoms with Crippen LogP contribution in [0.15, 0.2) is 16.8 Å². The van der Waals surface area contributed by atoms with Gasteiger partial charge in [-0.2, -0.15) is 0 Å². The molecule has 0 aliphatic heterocycles. The minimum Gasteiger partial charge on any atom is -0.306 e. The lowest BCUT2D eigenvalue weighted by molar-refractivity contribution is 0.611. The van der Waals surface area contributed by atoms with Crippen molar-refractivity contribution in [3.8, 4) is 0 Å². The maximum atomic E-state index is 10.2. The van der Waals surface area contributed by atoms with Gasteiger partial charge in [-0.1, -0.05) is 0 Å². The van der Waals surface area contributed by atoms with E-state index in [1.165, 1.54) is 0 Å². The minimum absolute atomic E-state index is 0.297. The molecular formula is C7H13N3O2S. The van der Waals surface area contributed by atoms with Crippen molar-refractivity contribution >= 4 is 22.4 Å². The highest BCUT2D eigenvalue weighted by atomic mass is 32.2. The van der Waals surface area contributed by atoms with E-state index in [1.54, 1.807) is 26.8 Å². The van der Waals surface area contributed by atoms with Gasteiger partial charge in [-0.3, -0.25) is 4.72 Å². The zero-order chi connectivity index (χ0) is 10.4. The molecule has 0 amide bonds. The summed E-state index contributed by atoms with van der Waals surface area (Å²) in [6.07, 6.45) is 1.54. The number of hydrogen-bond donors (Lipinski definition) is 3. The van der Waals surface area contributed by atoms with Crippen LogP contribution in [0.5, 0.6) is 0 Å². The quantitative estimate of drug-likeness (QED) is 0.354. The summed E-state index contributed by atoms with van der Waals surface area (Å²) in [6.45, 7) is 4.86. The van der Waals surface area contributed by atoms with E-state index in [4.69, 9.17) is 5.41 Å². The number of allylic oxidation sites excluding steroid dienone is 2. The minimum atomic E-state index is -2.65. The number of thiol groups is 1. The Kier molecular flexibility index (Phi) is 4.98. The Balaban J connectivity index is 4.46. The van der Waals surface area contributed by atoms with E-state index in [0.717, 1.165) is 0 Å². The zero-order valence-electron chi connectivity index (χ0n) is 7.79. The molecule has 0 aliphatic rings. The van der Waals surface area contributed by atoms with Gasteiger partial charge in [0.1, 0.15) is 5.84 Å². The van der Waals surface area contributed by atoms with Gasteiger partial charge in [0.05, 0.1) is 0 Å². The van der Waals surface area contributed by atoms with Gasteiger partial charge in [-0.25, -0.2) is 13.4 Å². The molecule has 0 fully saturated rings. The van der Waals surface area contributed by atoms with Crippen LogP contribution < -0.4 is 4.72 Å². The predicted molar refractivity (Wildman–Crippen MR) is 53.7 cm³/mol. The number of nitrogens with one attached hydrogen (secondary N) is 2. The molecule has 2 N–H and O–H groups in total. The van der Waals surface area contributed by atoms with E-state index in [0.29, 0.717) is 17.2 Å². The Bertz CT molecular complexity index is 321. The zero-order valence-corrected chi connectivity index (χ0v) is 8.68. The molecule has 0 aromatic heterocycles. The monoisotopic (exact) mass is 203 g/mol. The highest BCUT2D eigenvalue weighted by Gasteiger charge is 1.91. The number of hydrogen-bond acceptors (Lipinski definition) is 4. The Morgan fingerprint density at radius 1 is 1.38 bits per heavy atom. The van der Waals surface area contributed by atoms with Gasteiger partial charge < -0.3 is 5.41 Å². The predicted octanol–water partition coefficient (Wildman–Crippen LogP) is 0.464. The molecule has 0 rings (SSSR count). The molecule has 0 saturated carbocycles. The van der Waals surface area contributed by atoms with Crippen LogP contribution in [-0.2, 0) is 10.9 Å². The van der Waals surface area contributed by atoms with Crippen molar-refractivity contribution in [2.45, 2.75) is 20.8 Å². The van der Waals surface area contributed by atoms with Crippen molar-refractivity contribution < 1.29 is 8.42 Å². The Morgan fingerprint density at radius 2 is 1.92 bits per heavy atom. The summed E-state index contributed by atoms with van der Waals surface area (Å²) >= 11 is 0. The molecule has 0 atom stereocenters. The van der Waals surface area contributed by atoms with Gasteiger partial charge in [-0.15, -0.1) is 0 Å². The smallest absolute Gasteiger partial charge is 0.223 e. The first-order valence-electron chi connectivity index (χ1n) is 3.61. The van der Waals surface area contributed by atoms with Crippen LogP contribution in [0.1, 0.15) is 20.8 Å². The van der Waals surface area contributed by atoms with E-state index in [-0.39, 0.29) is 0 Å². The normalized spacial score (nSPS) is 13.2. The topological polar surface area (TPSA) is 82.4 Å². The van der Waals surface area contributed by atoms with Crippen LogP contribution in [0, 0.1) is 5.41 Å². The largest absolute Gasteiger partial charge is 0.306 e. The lowest BCUT2D eigenvalue weighted by atomic mass is 10.3. The summed E-state index contributed by atoms with van der Waals surface area (Å²) in [5.74, 6) is 0.297. The Hall–Kier alpha value is -1.17. The first kappa shape index (κ1) is 11.8. The molecule has 0 unspecified atom stereocenters. The Labute approximate surface area is 79.2 Å². The number of amidine groups is 1. The van der Waals surface area contributed by atoms with E-state index < -0.39 is 10.9 Å². The van der Waals surface area contributed by atoms with Gasteiger partial charge >= 0.3 is 0 Å². The first-order valence-corrected chi connectivity index (χ1v) is 4.79. The van der Waals surface area contributed by atoms with Crippen LogP contribution >= 0.6 is 0 Å². The molecule has 74 valence electrons. The molecule has 0 saturated heterocycles. The number of aliphatic imine (C=N–C) groups is 1. The molecule has 6 heteroatoms. The van der Waals surface area contributed by atoms with E-state index in [9.17, 15) is 8.42 Å². The highest BCUT2D eigenvalue weighted by Crippen LogP contribution is 1.94. The van der Waals surface area contributed by atoms with Crippen molar-refractivity contribution in [3.63, 3.8) is 0 Å².